The first-order chi connectivity index (χ1) is 22.4. The van der Waals surface area contributed by atoms with Gasteiger partial charge in [-0.2, -0.15) is 11.8 Å². The van der Waals surface area contributed by atoms with Gasteiger partial charge in [0, 0.05) is 13.0 Å². The molecule has 0 aromatic carbocycles. The van der Waals surface area contributed by atoms with Gasteiger partial charge in [0.2, 0.25) is 29.5 Å². The Balaban J connectivity index is 3.13. The first-order valence-electron chi connectivity index (χ1n) is 16.7. The van der Waals surface area contributed by atoms with Crippen LogP contribution in [0.1, 0.15) is 86.5 Å². The minimum Gasteiger partial charge on any atom is -0.481 e. The van der Waals surface area contributed by atoms with Crippen molar-refractivity contribution in [3.63, 3.8) is 0 Å². The number of carbonyl (C=O) groups is 7. The third kappa shape index (κ3) is 13.6. The summed E-state index contributed by atoms with van der Waals surface area (Å²) >= 11 is 1.56. The molecule has 1 rings (SSSR count). The first kappa shape index (κ1) is 42.6. The van der Waals surface area contributed by atoms with Crippen molar-refractivity contribution in [2.45, 2.75) is 123 Å². The zero-order valence-corrected chi connectivity index (χ0v) is 30.1. The van der Waals surface area contributed by atoms with E-state index in [0.717, 1.165) is 0 Å². The summed E-state index contributed by atoms with van der Waals surface area (Å²) in [4.78, 5) is 91.0. The molecule has 0 bridgehead atoms. The number of hydrogen-bond donors (Lipinski definition) is 7. The molecule has 0 aromatic heterocycles. The van der Waals surface area contributed by atoms with Crippen LogP contribution in [0.5, 0.6) is 0 Å². The van der Waals surface area contributed by atoms with Crippen molar-refractivity contribution in [2.75, 3.05) is 18.6 Å². The summed E-state index contributed by atoms with van der Waals surface area (Å²) in [6, 6.07) is -6.28. The van der Waals surface area contributed by atoms with Gasteiger partial charge in [-0.1, -0.05) is 48.0 Å². The van der Waals surface area contributed by atoms with Crippen LogP contribution in [0, 0.1) is 17.8 Å². The Morgan fingerprint density at radius 1 is 0.854 bits per heavy atom. The smallest absolute Gasteiger partial charge is 0.326 e. The van der Waals surface area contributed by atoms with Gasteiger partial charge in [-0.05, 0) is 61.9 Å². The average molecular weight is 701 g/mol. The number of amides is 5. The van der Waals surface area contributed by atoms with Gasteiger partial charge in [-0.15, -0.1) is 0 Å². The number of carboxylic acids is 2. The SMILES string of the molecule is CC[C@H](C)[C@H](NC(=O)[C@@H](NC(=O)[C@@H]1CCCN1C(=O)[C@H](CC(C)C)NC(=O)[C@@H](N)CCSC)C(C)C)C(=O)N[C@@H](CCC(=O)O)C(=O)O. The second-order valence-corrected chi connectivity index (χ2v) is 14.2. The molecule has 5 amide bonds. The summed E-state index contributed by atoms with van der Waals surface area (Å²) in [5, 5.41) is 29.0. The molecule has 8 N–H and O–H groups in total. The highest BCUT2D eigenvalue weighted by Gasteiger charge is 2.40. The zero-order chi connectivity index (χ0) is 36.7. The highest BCUT2D eigenvalue weighted by atomic mass is 32.2. The molecule has 0 radical (unpaired) electrons. The molecule has 0 aromatic rings. The molecular formula is C32H56N6O9S. The van der Waals surface area contributed by atoms with Crippen molar-refractivity contribution >= 4 is 53.2 Å². The maximum Gasteiger partial charge on any atom is 0.326 e. The molecule has 0 aliphatic carbocycles. The van der Waals surface area contributed by atoms with Crippen molar-refractivity contribution in [3.8, 4) is 0 Å². The summed E-state index contributed by atoms with van der Waals surface area (Å²) in [7, 11) is 0. The van der Waals surface area contributed by atoms with Crippen molar-refractivity contribution in [2.24, 2.45) is 23.5 Å². The summed E-state index contributed by atoms with van der Waals surface area (Å²) in [6.45, 7) is 11.0. The van der Waals surface area contributed by atoms with Gasteiger partial charge >= 0.3 is 11.9 Å². The Labute approximate surface area is 287 Å². The van der Waals surface area contributed by atoms with E-state index in [9.17, 15) is 38.7 Å². The zero-order valence-electron chi connectivity index (χ0n) is 29.2. The Hall–Kier alpha value is -3.40. The van der Waals surface area contributed by atoms with Gasteiger partial charge in [-0.25, -0.2) is 4.79 Å². The molecule has 7 atom stereocenters. The minimum atomic E-state index is -1.47. The largest absolute Gasteiger partial charge is 0.481 e. The number of carboxylic acid groups (broad SMARTS) is 2. The Morgan fingerprint density at radius 3 is 1.98 bits per heavy atom. The van der Waals surface area contributed by atoms with E-state index in [1.165, 1.54) is 4.90 Å². The van der Waals surface area contributed by atoms with Gasteiger partial charge < -0.3 is 42.1 Å². The number of hydrogen-bond acceptors (Lipinski definition) is 9. The number of rotatable bonds is 21. The Kier molecular flexibility index (Phi) is 18.5. The van der Waals surface area contributed by atoms with Crippen LogP contribution >= 0.6 is 11.8 Å². The highest BCUT2D eigenvalue weighted by molar-refractivity contribution is 7.98. The van der Waals surface area contributed by atoms with Gasteiger partial charge in [0.1, 0.15) is 30.2 Å². The van der Waals surface area contributed by atoms with E-state index in [1.54, 1.807) is 39.5 Å². The number of nitrogens with two attached hydrogens (primary N) is 1. The number of thioether (sulfide) groups is 1. The Bertz CT molecular complexity index is 1140. The maximum atomic E-state index is 13.8. The number of carbonyl (C=O) groups excluding carboxylic acids is 5. The van der Waals surface area contributed by atoms with Crippen LogP contribution in [0.15, 0.2) is 0 Å². The lowest BCUT2D eigenvalue weighted by molar-refractivity contribution is -0.144. The standard InChI is InChI=1S/C32H56N6O9S/c1-8-19(6)26(30(44)34-21(32(46)47)11-12-24(39)40)37-29(43)25(18(4)5)36-28(42)23-10-9-14-38(23)31(45)22(16-17(2)3)35-27(41)20(33)13-15-48-7/h17-23,25-26H,8-16,33H2,1-7H3,(H,34,44)(H,35,41)(H,36,42)(H,37,43)(H,39,40)(H,46,47)/t19-,20-,21-,22-,23-,25-,26-/m0/s1. The molecule has 1 aliphatic heterocycles. The van der Waals surface area contributed by atoms with Crippen molar-refractivity contribution in [1.29, 1.82) is 0 Å². The molecule has 1 heterocycles. The average Bonchev–Trinajstić information content (AvgIpc) is 3.51. The molecule has 1 aliphatic rings. The molecular weight excluding hydrogens is 644 g/mol. The van der Waals surface area contributed by atoms with Crippen LogP contribution in [0.25, 0.3) is 0 Å². The summed E-state index contributed by atoms with van der Waals surface area (Å²) in [5.41, 5.74) is 6.04. The highest BCUT2D eigenvalue weighted by Crippen LogP contribution is 2.21. The topological polar surface area (TPSA) is 237 Å². The van der Waals surface area contributed by atoms with Crippen LogP contribution in [0.4, 0.5) is 0 Å². The van der Waals surface area contributed by atoms with Crippen LogP contribution in [0.3, 0.4) is 0 Å². The van der Waals surface area contributed by atoms with Gasteiger partial charge in [0.05, 0.1) is 6.04 Å². The predicted molar refractivity (Wildman–Crippen MR) is 182 cm³/mol. The first-order valence-corrected chi connectivity index (χ1v) is 18.0. The second-order valence-electron chi connectivity index (χ2n) is 13.2. The van der Waals surface area contributed by atoms with E-state index in [0.29, 0.717) is 44.4 Å². The fourth-order valence-electron chi connectivity index (χ4n) is 5.37. The Morgan fingerprint density at radius 2 is 1.46 bits per heavy atom. The van der Waals surface area contributed by atoms with Gasteiger partial charge in [0.25, 0.3) is 0 Å². The number of likely N-dealkylation sites (tertiary alicyclic amines) is 1. The van der Waals surface area contributed by atoms with E-state index in [1.807, 2.05) is 20.1 Å². The second kappa shape index (κ2) is 20.9. The summed E-state index contributed by atoms with van der Waals surface area (Å²) in [5.74, 6) is -5.59. The molecule has 0 spiro atoms. The van der Waals surface area contributed by atoms with E-state index in [2.05, 4.69) is 21.3 Å². The van der Waals surface area contributed by atoms with E-state index < -0.39 is 96.0 Å². The van der Waals surface area contributed by atoms with E-state index >= 15 is 0 Å². The molecule has 48 heavy (non-hydrogen) atoms. The van der Waals surface area contributed by atoms with Crippen LogP contribution < -0.4 is 27.0 Å². The number of nitrogens with one attached hydrogen (secondary N) is 4. The lowest BCUT2D eigenvalue weighted by atomic mass is 9.95. The monoisotopic (exact) mass is 700 g/mol. The predicted octanol–water partition coefficient (Wildman–Crippen LogP) is 0.695. The lowest BCUT2D eigenvalue weighted by Crippen LogP contribution is -2.60. The minimum absolute atomic E-state index is 0.0594. The van der Waals surface area contributed by atoms with Crippen molar-refractivity contribution in [1.82, 2.24) is 26.2 Å². The molecule has 274 valence electrons. The molecule has 16 heteroatoms. The van der Waals surface area contributed by atoms with Gasteiger partial charge in [-0.3, -0.25) is 28.8 Å². The normalized spacial score (nSPS) is 18.3. The van der Waals surface area contributed by atoms with E-state index in [4.69, 9.17) is 10.8 Å². The third-order valence-corrected chi connectivity index (χ3v) is 9.08. The molecule has 15 nitrogen and oxygen atoms in total. The lowest BCUT2D eigenvalue weighted by Gasteiger charge is -2.32. The number of nitrogens with zero attached hydrogens (tertiary/aromatic N) is 1. The van der Waals surface area contributed by atoms with Gasteiger partial charge in [0.15, 0.2) is 0 Å². The van der Waals surface area contributed by atoms with E-state index in [-0.39, 0.29) is 12.3 Å². The fraction of sp³-hybridized carbons (Fsp3) is 0.781. The summed E-state index contributed by atoms with van der Waals surface area (Å²) in [6.07, 6.45) is 3.23. The van der Waals surface area contributed by atoms with Crippen molar-refractivity contribution < 1.29 is 43.8 Å². The quantitative estimate of drug-likeness (QED) is 0.0880. The van der Waals surface area contributed by atoms with Crippen molar-refractivity contribution in [3.05, 3.63) is 0 Å². The summed E-state index contributed by atoms with van der Waals surface area (Å²) < 4.78 is 0. The maximum absolute atomic E-state index is 13.8. The van der Waals surface area contributed by atoms with Crippen LogP contribution in [0.2, 0.25) is 0 Å². The molecule has 1 fully saturated rings. The third-order valence-electron chi connectivity index (χ3n) is 8.43. The van der Waals surface area contributed by atoms with Crippen LogP contribution in [-0.4, -0.2) is 111 Å². The number of aliphatic carboxylic acids is 2. The molecule has 0 saturated carbocycles. The fourth-order valence-corrected chi connectivity index (χ4v) is 5.86. The molecule has 0 unspecified atom stereocenters. The van der Waals surface area contributed by atoms with Crippen LogP contribution in [-0.2, 0) is 33.6 Å². The molecule has 1 saturated heterocycles.